The van der Waals surface area contributed by atoms with Crippen molar-refractivity contribution in [2.45, 2.75) is 11.8 Å². The minimum Gasteiger partial charge on any atom is -0.486 e. The van der Waals surface area contributed by atoms with E-state index >= 15 is 0 Å². The van der Waals surface area contributed by atoms with Crippen LogP contribution in [0.1, 0.15) is 6.92 Å². The molecule has 1 aromatic rings. The summed E-state index contributed by atoms with van der Waals surface area (Å²) in [6.07, 6.45) is 0. The molecule has 2 aliphatic rings. The quantitative estimate of drug-likeness (QED) is 0.563. The van der Waals surface area contributed by atoms with E-state index in [2.05, 4.69) is 0 Å². The van der Waals surface area contributed by atoms with Gasteiger partial charge < -0.3 is 19.1 Å². The lowest BCUT2D eigenvalue weighted by atomic mass is 10.3. The van der Waals surface area contributed by atoms with E-state index in [1.165, 1.54) is 28.2 Å². The Kier molecular flexibility index (Phi) is 7.25. The smallest absolute Gasteiger partial charge is 0.315 e. The molecule has 3 rings (SSSR count). The Labute approximate surface area is 174 Å². The molecule has 0 radical (unpaired) electrons. The van der Waals surface area contributed by atoms with Crippen LogP contribution in [0.3, 0.4) is 0 Å². The van der Waals surface area contributed by atoms with E-state index < -0.39 is 10.0 Å². The molecule has 0 atom stereocenters. The van der Waals surface area contributed by atoms with Gasteiger partial charge in [-0.3, -0.25) is 9.59 Å². The fourth-order valence-corrected chi connectivity index (χ4v) is 5.17. The van der Waals surface area contributed by atoms with Gasteiger partial charge in [-0.15, -0.1) is 11.8 Å². The van der Waals surface area contributed by atoms with Crippen molar-refractivity contribution in [1.82, 2.24) is 9.21 Å². The summed E-state index contributed by atoms with van der Waals surface area (Å²) < 4.78 is 42.9. The minimum absolute atomic E-state index is 0.115. The van der Waals surface area contributed by atoms with Crippen LogP contribution >= 0.6 is 11.8 Å². The zero-order chi connectivity index (χ0) is 20.9. The van der Waals surface area contributed by atoms with Crippen LogP contribution in [0, 0.1) is 0 Å². The fraction of sp³-hybridized carbons (Fsp3) is 0.556. The number of benzene rings is 1. The molecule has 9 nitrogen and oxygen atoms in total. The first-order valence-corrected chi connectivity index (χ1v) is 11.9. The Morgan fingerprint density at radius 2 is 1.76 bits per heavy atom. The van der Waals surface area contributed by atoms with Gasteiger partial charge in [0.05, 0.1) is 23.0 Å². The molecule has 0 aromatic heterocycles. The molecule has 29 heavy (non-hydrogen) atoms. The van der Waals surface area contributed by atoms with Crippen LogP contribution in [0.25, 0.3) is 0 Å². The van der Waals surface area contributed by atoms with E-state index in [1.54, 1.807) is 17.9 Å². The van der Waals surface area contributed by atoms with E-state index in [0.717, 1.165) is 0 Å². The third kappa shape index (κ3) is 5.34. The minimum atomic E-state index is -3.69. The maximum Gasteiger partial charge on any atom is 0.315 e. The monoisotopic (exact) mass is 444 g/mol. The van der Waals surface area contributed by atoms with Gasteiger partial charge in [0, 0.05) is 32.2 Å². The molecule has 1 saturated heterocycles. The summed E-state index contributed by atoms with van der Waals surface area (Å²) in [4.78, 5) is 25.4. The topological polar surface area (TPSA) is 102 Å². The van der Waals surface area contributed by atoms with Crippen molar-refractivity contribution in [3.05, 3.63) is 18.2 Å². The van der Waals surface area contributed by atoms with Crippen molar-refractivity contribution < 1.29 is 32.2 Å². The van der Waals surface area contributed by atoms with Crippen molar-refractivity contribution in [2.24, 2.45) is 0 Å². The predicted molar refractivity (Wildman–Crippen MR) is 107 cm³/mol. The zero-order valence-corrected chi connectivity index (χ0v) is 17.8. The first kappa shape index (κ1) is 21.7. The molecule has 0 bridgehead atoms. The molecule has 1 amide bonds. The average Bonchev–Trinajstić information content (AvgIpc) is 2.73. The maximum atomic E-state index is 12.9. The van der Waals surface area contributed by atoms with Crippen LogP contribution in [0.4, 0.5) is 0 Å². The molecule has 1 aromatic carbocycles. The van der Waals surface area contributed by atoms with Crippen molar-refractivity contribution in [3.63, 3.8) is 0 Å². The van der Waals surface area contributed by atoms with E-state index in [9.17, 15) is 18.0 Å². The summed E-state index contributed by atoms with van der Waals surface area (Å²) in [6, 6.07) is 4.59. The number of ether oxygens (including phenoxy) is 3. The summed E-state index contributed by atoms with van der Waals surface area (Å²) in [6.45, 7) is 3.90. The predicted octanol–water partition coefficient (Wildman–Crippen LogP) is 0.587. The molecule has 0 aliphatic carbocycles. The number of amides is 1. The zero-order valence-electron chi connectivity index (χ0n) is 16.2. The van der Waals surface area contributed by atoms with Crippen LogP contribution < -0.4 is 9.47 Å². The van der Waals surface area contributed by atoms with Gasteiger partial charge in [0.25, 0.3) is 0 Å². The summed E-state index contributed by atoms with van der Waals surface area (Å²) in [5, 5.41) is 0. The Bertz CT molecular complexity index is 852. The van der Waals surface area contributed by atoms with Crippen LogP contribution in [0.5, 0.6) is 11.5 Å². The Morgan fingerprint density at radius 3 is 2.45 bits per heavy atom. The summed E-state index contributed by atoms with van der Waals surface area (Å²) in [5.41, 5.74) is 0. The van der Waals surface area contributed by atoms with Crippen LogP contribution in [0.15, 0.2) is 23.1 Å². The molecule has 160 valence electrons. The molecular weight excluding hydrogens is 420 g/mol. The van der Waals surface area contributed by atoms with Gasteiger partial charge in [-0.25, -0.2) is 8.42 Å². The average molecular weight is 445 g/mol. The van der Waals surface area contributed by atoms with E-state index in [-0.39, 0.29) is 41.4 Å². The van der Waals surface area contributed by atoms with Gasteiger partial charge in [-0.1, -0.05) is 0 Å². The highest BCUT2D eigenvalue weighted by Crippen LogP contribution is 2.33. The highest BCUT2D eigenvalue weighted by molar-refractivity contribution is 8.00. The number of carbonyl (C=O) groups is 2. The van der Waals surface area contributed by atoms with Gasteiger partial charge in [0.2, 0.25) is 15.9 Å². The van der Waals surface area contributed by atoms with Gasteiger partial charge in [-0.05, 0) is 19.1 Å². The largest absolute Gasteiger partial charge is 0.486 e. The number of fused-ring (bicyclic) bond motifs is 1. The molecular formula is C18H24N2O7S2. The standard InChI is InChI=1S/C18H24N2O7S2/c1-2-25-18(22)13-28-12-17(21)19-5-7-20(8-6-19)29(23,24)14-3-4-15-16(11-14)27-10-9-26-15/h3-4,11H,2,5-10,12-13H2,1H3. The number of nitrogens with zero attached hydrogens (tertiary/aromatic N) is 2. The van der Waals surface area contributed by atoms with Crippen LogP contribution in [0.2, 0.25) is 0 Å². The number of esters is 1. The van der Waals surface area contributed by atoms with Crippen LogP contribution in [-0.2, 0) is 24.3 Å². The van der Waals surface area contributed by atoms with E-state index in [4.69, 9.17) is 14.2 Å². The Morgan fingerprint density at radius 1 is 1.07 bits per heavy atom. The molecule has 0 saturated carbocycles. The van der Waals surface area contributed by atoms with Crippen LogP contribution in [-0.4, -0.2) is 87.0 Å². The van der Waals surface area contributed by atoms with Gasteiger partial charge in [0.1, 0.15) is 13.2 Å². The first-order chi connectivity index (χ1) is 13.9. The van der Waals surface area contributed by atoms with Crippen molar-refractivity contribution >= 4 is 33.7 Å². The SMILES string of the molecule is CCOC(=O)CSCC(=O)N1CCN(S(=O)(=O)c2ccc3c(c2)OCCO3)CC1. The second kappa shape index (κ2) is 9.68. The Balaban J connectivity index is 1.53. The number of carbonyl (C=O) groups excluding carboxylic acids is 2. The number of hydrogen-bond donors (Lipinski definition) is 0. The van der Waals surface area contributed by atoms with Gasteiger partial charge in [-0.2, -0.15) is 4.31 Å². The lowest BCUT2D eigenvalue weighted by molar-refractivity contribution is -0.139. The summed E-state index contributed by atoms with van der Waals surface area (Å²) in [7, 11) is -3.69. The third-order valence-electron chi connectivity index (χ3n) is 4.49. The fourth-order valence-electron chi connectivity index (χ4n) is 3.03. The van der Waals surface area contributed by atoms with Crippen molar-refractivity contribution in [3.8, 4) is 11.5 Å². The molecule has 2 heterocycles. The summed E-state index contributed by atoms with van der Waals surface area (Å²) >= 11 is 1.20. The molecule has 11 heteroatoms. The Hall–Kier alpha value is -1.98. The normalized spacial score (nSPS) is 17.1. The number of sulfonamides is 1. The molecule has 2 aliphatic heterocycles. The van der Waals surface area contributed by atoms with Gasteiger partial charge in [0.15, 0.2) is 11.5 Å². The van der Waals surface area contributed by atoms with Gasteiger partial charge >= 0.3 is 5.97 Å². The molecule has 0 spiro atoms. The molecule has 0 unspecified atom stereocenters. The maximum absolute atomic E-state index is 12.9. The summed E-state index contributed by atoms with van der Waals surface area (Å²) in [5.74, 6) is 0.776. The number of rotatable bonds is 7. The highest BCUT2D eigenvalue weighted by Gasteiger charge is 2.31. The second-order valence-corrected chi connectivity index (χ2v) is 9.31. The third-order valence-corrected chi connectivity index (χ3v) is 7.28. The van der Waals surface area contributed by atoms with E-state index in [0.29, 0.717) is 44.4 Å². The lowest BCUT2D eigenvalue weighted by Gasteiger charge is -2.34. The first-order valence-electron chi connectivity index (χ1n) is 9.32. The number of hydrogen-bond acceptors (Lipinski definition) is 8. The highest BCUT2D eigenvalue weighted by atomic mass is 32.2. The molecule has 0 N–H and O–H groups in total. The lowest BCUT2D eigenvalue weighted by Crippen LogP contribution is -2.51. The number of thioether (sulfide) groups is 1. The molecule has 1 fully saturated rings. The van der Waals surface area contributed by atoms with Crippen molar-refractivity contribution in [2.75, 3.05) is 57.5 Å². The van der Waals surface area contributed by atoms with E-state index in [1.807, 2.05) is 0 Å². The number of piperazine rings is 1. The second-order valence-electron chi connectivity index (χ2n) is 6.39. The van der Waals surface area contributed by atoms with Crippen molar-refractivity contribution in [1.29, 1.82) is 0 Å².